The normalized spacial score (nSPS) is 18.0. The van der Waals surface area contributed by atoms with E-state index in [1.807, 2.05) is 35.3 Å². The van der Waals surface area contributed by atoms with E-state index in [1.54, 1.807) is 19.5 Å². The predicted molar refractivity (Wildman–Crippen MR) is 86.5 cm³/mol. The van der Waals surface area contributed by atoms with E-state index in [0.29, 0.717) is 18.0 Å². The Morgan fingerprint density at radius 3 is 2.74 bits per heavy atom. The van der Waals surface area contributed by atoms with E-state index in [-0.39, 0.29) is 11.9 Å². The first-order chi connectivity index (χ1) is 11.3. The van der Waals surface area contributed by atoms with Gasteiger partial charge in [0.25, 0.3) is 5.91 Å². The Kier molecular flexibility index (Phi) is 4.95. The number of ether oxygens (including phenoxy) is 1. The van der Waals surface area contributed by atoms with Gasteiger partial charge in [0.15, 0.2) is 5.82 Å². The maximum absolute atomic E-state index is 12.3. The first-order valence-corrected chi connectivity index (χ1v) is 7.72. The third-order valence-electron chi connectivity index (χ3n) is 3.93. The first-order valence-electron chi connectivity index (χ1n) is 7.72. The molecule has 0 radical (unpaired) electrons. The van der Waals surface area contributed by atoms with Crippen molar-refractivity contribution < 1.29 is 9.53 Å². The second-order valence-corrected chi connectivity index (χ2v) is 5.55. The van der Waals surface area contributed by atoms with Crippen molar-refractivity contribution in [1.29, 1.82) is 0 Å². The summed E-state index contributed by atoms with van der Waals surface area (Å²) in [4.78, 5) is 20.9. The number of hydrogen-bond donors (Lipinski definition) is 1. The SMILES string of the molecule is COC[C@@H]1CCCN1NC(=O)c1cnc(-c2ccccc2)nc1. The summed E-state index contributed by atoms with van der Waals surface area (Å²) < 4.78 is 5.19. The van der Waals surface area contributed by atoms with Crippen molar-refractivity contribution in [3.8, 4) is 11.4 Å². The average molecular weight is 312 g/mol. The maximum Gasteiger partial charge on any atom is 0.268 e. The number of amides is 1. The molecular weight excluding hydrogens is 292 g/mol. The zero-order valence-corrected chi connectivity index (χ0v) is 13.1. The van der Waals surface area contributed by atoms with Crippen LogP contribution < -0.4 is 5.43 Å². The number of hydrazine groups is 1. The summed E-state index contributed by atoms with van der Waals surface area (Å²) in [7, 11) is 1.68. The molecule has 2 heterocycles. The summed E-state index contributed by atoms with van der Waals surface area (Å²) in [5, 5.41) is 1.94. The van der Waals surface area contributed by atoms with Crippen molar-refractivity contribution in [3.63, 3.8) is 0 Å². The fourth-order valence-electron chi connectivity index (χ4n) is 2.73. The molecule has 0 aliphatic carbocycles. The standard InChI is InChI=1S/C17H20N4O2/c1-23-12-15-8-5-9-21(15)20-17(22)14-10-18-16(19-11-14)13-6-3-2-4-7-13/h2-4,6-7,10-11,15H,5,8-9,12H2,1H3,(H,20,22)/t15-/m0/s1. The molecule has 2 aromatic rings. The van der Waals surface area contributed by atoms with Gasteiger partial charge >= 0.3 is 0 Å². The summed E-state index contributed by atoms with van der Waals surface area (Å²) >= 11 is 0. The van der Waals surface area contributed by atoms with Gasteiger partial charge in [-0.3, -0.25) is 10.2 Å². The van der Waals surface area contributed by atoms with Crippen LogP contribution >= 0.6 is 0 Å². The van der Waals surface area contributed by atoms with Gasteiger partial charge in [-0.15, -0.1) is 0 Å². The van der Waals surface area contributed by atoms with E-state index in [0.717, 1.165) is 24.9 Å². The smallest absolute Gasteiger partial charge is 0.268 e. The fraction of sp³-hybridized carbons (Fsp3) is 0.353. The van der Waals surface area contributed by atoms with Crippen LogP contribution in [0, 0.1) is 0 Å². The van der Waals surface area contributed by atoms with Crippen molar-refractivity contribution >= 4 is 5.91 Å². The van der Waals surface area contributed by atoms with E-state index >= 15 is 0 Å². The van der Waals surface area contributed by atoms with Crippen LogP contribution in [0.25, 0.3) is 11.4 Å². The molecule has 1 amide bonds. The summed E-state index contributed by atoms with van der Waals surface area (Å²) in [5.41, 5.74) is 4.31. The Morgan fingerprint density at radius 1 is 1.30 bits per heavy atom. The molecule has 0 unspecified atom stereocenters. The lowest BCUT2D eigenvalue weighted by molar-refractivity contribution is 0.0610. The number of methoxy groups -OCH3 is 1. The quantitative estimate of drug-likeness (QED) is 0.913. The fourth-order valence-corrected chi connectivity index (χ4v) is 2.73. The van der Waals surface area contributed by atoms with Gasteiger partial charge in [-0.05, 0) is 12.8 Å². The first kappa shape index (κ1) is 15.6. The van der Waals surface area contributed by atoms with Crippen molar-refractivity contribution in [3.05, 3.63) is 48.3 Å². The van der Waals surface area contributed by atoms with Gasteiger partial charge in [-0.2, -0.15) is 0 Å². The molecule has 3 rings (SSSR count). The van der Waals surface area contributed by atoms with E-state index in [2.05, 4.69) is 15.4 Å². The van der Waals surface area contributed by atoms with Crippen LogP contribution in [0.3, 0.4) is 0 Å². The van der Waals surface area contributed by atoms with E-state index in [1.165, 1.54) is 0 Å². The highest BCUT2D eigenvalue weighted by molar-refractivity contribution is 5.93. The molecule has 1 fully saturated rings. The van der Waals surface area contributed by atoms with Crippen LogP contribution in [0.1, 0.15) is 23.2 Å². The highest BCUT2D eigenvalue weighted by atomic mass is 16.5. The van der Waals surface area contributed by atoms with Crippen molar-refractivity contribution in [2.75, 3.05) is 20.3 Å². The molecule has 23 heavy (non-hydrogen) atoms. The molecule has 1 aliphatic rings. The maximum atomic E-state index is 12.3. The monoisotopic (exact) mass is 312 g/mol. The number of nitrogens with zero attached hydrogens (tertiary/aromatic N) is 3. The largest absolute Gasteiger partial charge is 0.383 e. The van der Waals surface area contributed by atoms with Gasteiger partial charge in [-0.1, -0.05) is 30.3 Å². The number of hydrogen-bond acceptors (Lipinski definition) is 5. The van der Waals surface area contributed by atoms with Gasteiger partial charge in [-0.25, -0.2) is 15.0 Å². The Balaban J connectivity index is 1.66. The second kappa shape index (κ2) is 7.30. The number of carbonyl (C=O) groups is 1. The zero-order valence-electron chi connectivity index (χ0n) is 13.1. The molecular formula is C17H20N4O2. The van der Waals surface area contributed by atoms with E-state index in [4.69, 9.17) is 4.74 Å². The average Bonchev–Trinajstić information content (AvgIpc) is 3.03. The Morgan fingerprint density at radius 2 is 2.04 bits per heavy atom. The van der Waals surface area contributed by atoms with Gasteiger partial charge in [0.1, 0.15) is 0 Å². The molecule has 6 heteroatoms. The van der Waals surface area contributed by atoms with Crippen LogP contribution in [0.4, 0.5) is 0 Å². The molecule has 1 N–H and O–H groups in total. The second-order valence-electron chi connectivity index (χ2n) is 5.55. The molecule has 1 aromatic heterocycles. The molecule has 1 aliphatic heterocycles. The third kappa shape index (κ3) is 3.72. The molecule has 0 spiro atoms. The molecule has 0 saturated carbocycles. The van der Waals surface area contributed by atoms with Crippen LogP contribution in [-0.4, -0.2) is 47.2 Å². The zero-order chi connectivity index (χ0) is 16.1. The number of benzene rings is 1. The van der Waals surface area contributed by atoms with Crippen LogP contribution in [0.2, 0.25) is 0 Å². The number of rotatable bonds is 5. The van der Waals surface area contributed by atoms with Crippen LogP contribution in [-0.2, 0) is 4.74 Å². The Labute approximate surface area is 135 Å². The lowest BCUT2D eigenvalue weighted by Gasteiger charge is -2.24. The molecule has 120 valence electrons. The van der Waals surface area contributed by atoms with Gasteiger partial charge in [0.2, 0.25) is 0 Å². The Hall–Kier alpha value is -2.31. The minimum Gasteiger partial charge on any atom is -0.383 e. The topological polar surface area (TPSA) is 67.3 Å². The van der Waals surface area contributed by atoms with Gasteiger partial charge < -0.3 is 4.74 Å². The lowest BCUT2D eigenvalue weighted by Crippen LogP contribution is -2.46. The molecule has 1 saturated heterocycles. The van der Waals surface area contributed by atoms with Crippen molar-refractivity contribution in [2.45, 2.75) is 18.9 Å². The number of carbonyl (C=O) groups excluding carboxylic acids is 1. The van der Waals surface area contributed by atoms with Crippen molar-refractivity contribution in [2.24, 2.45) is 0 Å². The summed E-state index contributed by atoms with van der Waals surface area (Å²) in [6.07, 6.45) is 5.20. The summed E-state index contributed by atoms with van der Waals surface area (Å²) in [6, 6.07) is 9.92. The van der Waals surface area contributed by atoms with Crippen LogP contribution in [0.5, 0.6) is 0 Å². The van der Waals surface area contributed by atoms with E-state index in [9.17, 15) is 4.79 Å². The molecule has 6 nitrogen and oxygen atoms in total. The minimum atomic E-state index is -0.187. The third-order valence-corrected chi connectivity index (χ3v) is 3.93. The predicted octanol–water partition coefficient (Wildman–Crippen LogP) is 1.90. The number of nitrogens with one attached hydrogen (secondary N) is 1. The number of aromatic nitrogens is 2. The lowest BCUT2D eigenvalue weighted by atomic mass is 10.2. The van der Waals surface area contributed by atoms with Crippen LogP contribution in [0.15, 0.2) is 42.7 Å². The molecule has 0 bridgehead atoms. The minimum absolute atomic E-state index is 0.187. The highest BCUT2D eigenvalue weighted by Crippen LogP contribution is 2.16. The summed E-state index contributed by atoms with van der Waals surface area (Å²) in [5.74, 6) is 0.424. The van der Waals surface area contributed by atoms with Gasteiger partial charge in [0, 0.05) is 31.6 Å². The van der Waals surface area contributed by atoms with Gasteiger partial charge in [0.05, 0.1) is 18.2 Å². The van der Waals surface area contributed by atoms with E-state index < -0.39 is 0 Å². The Bertz CT molecular complexity index is 645. The highest BCUT2D eigenvalue weighted by Gasteiger charge is 2.26. The molecule has 1 atom stereocenters. The van der Waals surface area contributed by atoms with Crippen molar-refractivity contribution in [1.82, 2.24) is 20.4 Å². The summed E-state index contributed by atoms with van der Waals surface area (Å²) in [6.45, 7) is 1.45. The molecule has 1 aromatic carbocycles.